The predicted molar refractivity (Wildman–Crippen MR) is 118 cm³/mol. The Morgan fingerprint density at radius 1 is 1.31 bits per heavy atom. The molecule has 0 fully saturated rings. The first-order valence-corrected chi connectivity index (χ1v) is 11.1. The molecule has 3 rings (SSSR count). The quantitative estimate of drug-likeness (QED) is 0.498. The zero-order valence-electron chi connectivity index (χ0n) is 17.6. The standard InChI is InChI=1S/C23H23BrF3N3O2/c1-3-17-12-19(29-20(13-28)14-6-5-7-16(24)10-14)18-11-15(23(25,26)27)8-9-21(18)30(17)22(31)32-4-2/h5-11,17,19-20,29H,3-4,12H2,1-2H3/t17-,19+,20?/m1/s1. The number of alkyl halides is 3. The molecule has 1 aliphatic heterocycles. The summed E-state index contributed by atoms with van der Waals surface area (Å²) in [5.41, 5.74) is 0.555. The molecule has 5 nitrogen and oxygen atoms in total. The van der Waals surface area contributed by atoms with E-state index in [-0.39, 0.29) is 12.6 Å². The number of ether oxygens (including phenoxy) is 1. The summed E-state index contributed by atoms with van der Waals surface area (Å²) in [6.45, 7) is 3.73. The summed E-state index contributed by atoms with van der Waals surface area (Å²) in [7, 11) is 0. The number of hydrogen-bond donors (Lipinski definition) is 1. The second-order valence-corrected chi connectivity index (χ2v) is 8.39. The number of carbonyl (C=O) groups is 1. The maximum atomic E-state index is 13.5. The topological polar surface area (TPSA) is 65.4 Å². The lowest BCUT2D eigenvalue weighted by molar-refractivity contribution is -0.137. The molecule has 1 N–H and O–H groups in total. The van der Waals surface area contributed by atoms with Gasteiger partial charge in [-0.05, 0) is 61.2 Å². The fourth-order valence-electron chi connectivity index (χ4n) is 3.97. The van der Waals surface area contributed by atoms with Gasteiger partial charge in [0.2, 0.25) is 0 Å². The molecule has 0 aliphatic carbocycles. The van der Waals surface area contributed by atoms with Crippen LogP contribution >= 0.6 is 15.9 Å². The largest absolute Gasteiger partial charge is 0.449 e. The SMILES string of the molecule is CCOC(=O)N1c2ccc(C(F)(F)F)cc2[C@@H](NC(C#N)c2cccc(Br)c2)C[C@H]1CC. The van der Waals surface area contributed by atoms with Gasteiger partial charge in [0.25, 0.3) is 0 Å². The highest BCUT2D eigenvalue weighted by molar-refractivity contribution is 9.10. The van der Waals surface area contributed by atoms with E-state index in [1.807, 2.05) is 13.0 Å². The molecule has 0 saturated carbocycles. The summed E-state index contributed by atoms with van der Waals surface area (Å²) >= 11 is 3.38. The fourth-order valence-corrected chi connectivity index (χ4v) is 4.39. The summed E-state index contributed by atoms with van der Waals surface area (Å²) in [6.07, 6.45) is -4.21. The minimum Gasteiger partial charge on any atom is -0.449 e. The van der Waals surface area contributed by atoms with E-state index in [4.69, 9.17) is 4.74 Å². The van der Waals surface area contributed by atoms with Crippen molar-refractivity contribution in [1.82, 2.24) is 5.32 Å². The summed E-state index contributed by atoms with van der Waals surface area (Å²) in [5.74, 6) is 0. The highest BCUT2D eigenvalue weighted by Gasteiger charge is 2.39. The van der Waals surface area contributed by atoms with E-state index in [0.29, 0.717) is 29.7 Å². The minimum absolute atomic E-state index is 0.156. The third kappa shape index (κ3) is 5.08. The van der Waals surface area contributed by atoms with Gasteiger partial charge in [0.1, 0.15) is 6.04 Å². The number of nitrogens with one attached hydrogen (secondary N) is 1. The summed E-state index contributed by atoms with van der Waals surface area (Å²) in [5, 5.41) is 13.0. The molecule has 0 saturated heterocycles. The second kappa shape index (κ2) is 9.92. The highest BCUT2D eigenvalue weighted by Crippen LogP contribution is 2.42. The van der Waals surface area contributed by atoms with Crippen LogP contribution in [0.2, 0.25) is 0 Å². The highest BCUT2D eigenvalue weighted by atomic mass is 79.9. The van der Waals surface area contributed by atoms with Crippen LogP contribution in [0.5, 0.6) is 0 Å². The van der Waals surface area contributed by atoms with Crippen LogP contribution < -0.4 is 10.2 Å². The Kier molecular flexibility index (Phi) is 7.47. The Hall–Kier alpha value is -2.57. The van der Waals surface area contributed by atoms with Crippen LogP contribution in [-0.2, 0) is 10.9 Å². The van der Waals surface area contributed by atoms with E-state index in [2.05, 4.69) is 27.3 Å². The molecule has 0 radical (unpaired) electrons. The normalized spacial score (nSPS) is 19.1. The molecule has 0 aromatic heterocycles. The molecule has 170 valence electrons. The molecule has 1 aliphatic rings. The third-order valence-corrected chi connectivity index (χ3v) is 5.97. The van der Waals surface area contributed by atoms with Crippen LogP contribution in [0.1, 0.15) is 55.5 Å². The van der Waals surface area contributed by atoms with Gasteiger partial charge in [0, 0.05) is 16.6 Å². The van der Waals surface area contributed by atoms with Crippen molar-refractivity contribution in [3.05, 3.63) is 63.6 Å². The van der Waals surface area contributed by atoms with Gasteiger partial charge in [-0.1, -0.05) is 35.0 Å². The van der Waals surface area contributed by atoms with E-state index in [0.717, 1.165) is 16.6 Å². The van der Waals surface area contributed by atoms with Gasteiger partial charge in [0.05, 0.1) is 23.9 Å². The molecule has 3 atom stereocenters. The van der Waals surface area contributed by atoms with Gasteiger partial charge in [-0.25, -0.2) is 4.79 Å². The number of fused-ring (bicyclic) bond motifs is 1. The van der Waals surface area contributed by atoms with E-state index >= 15 is 0 Å². The first kappa shape index (κ1) is 24.1. The summed E-state index contributed by atoms with van der Waals surface area (Å²) < 4.78 is 46.3. The van der Waals surface area contributed by atoms with Crippen LogP contribution in [0.25, 0.3) is 0 Å². The van der Waals surface area contributed by atoms with Crippen LogP contribution in [0.4, 0.5) is 23.7 Å². The Morgan fingerprint density at radius 3 is 2.66 bits per heavy atom. The number of benzene rings is 2. The maximum Gasteiger partial charge on any atom is 0.416 e. The molecule has 32 heavy (non-hydrogen) atoms. The Balaban J connectivity index is 2.07. The van der Waals surface area contributed by atoms with Gasteiger partial charge in [-0.15, -0.1) is 0 Å². The number of hydrogen-bond acceptors (Lipinski definition) is 4. The number of amides is 1. The van der Waals surface area contributed by atoms with Crippen molar-refractivity contribution in [3.63, 3.8) is 0 Å². The van der Waals surface area contributed by atoms with Crippen LogP contribution in [0, 0.1) is 11.3 Å². The molecule has 2 aromatic rings. The zero-order valence-corrected chi connectivity index (χ0v) is 19.2. The second-order valence-electron chi connectivity index (χ2n) is 7.47. The number of rotatable bonds is 5. The van der Waals surface area contributed by atoms with E-state index in [1.165, 1.54) is 11.0 Å². The molecule has 0 bridgehead atoms. The molecular weight excluding hydrogens is 487 g/mol. The van der Waals surface area contributed by atoms with Crippen molar-refractivity contribution in [2.45, 2.75) is 51.0 Å². The number of halogens is 4. The van der Waals surface area contributed by atoms with E-state index in [1.54, 1.807) is 25.1 Å². The summed E-state index contributed by atoms with van der Waals surface area (Å²) in [4.78, 5) is 14.1. The maximum absolute atomic E-state index is 13.5. The molecule has 1 unspecified atom stereocenters. The number of anilines is 1. The van der Waals surface area contributed by atoms with E-state index < -0.39 is 29.9 Å². The lowest BCUT2D eigenvalue weighted by Crippen LogP contribution is -2.47. The Morgan fingerprint density at radius 2 is 2.06 bits per heavy atom. The first-order chi connectivity index (χ1) is 15.2. The van der Waals surface area contributed by atoms with Crippen molar-refractivity contribution in [2.75, 3.05) is 11.5 Å². The average molecular weight is 510 g/mol. The Labute approximate surface area is 193 Å². The third-order valence-electron chi connectivity index (χ3n) is 5.48. The van der Waals surface area contributed by atoms with Gasteiger partial charge >= 0.3 is 12.3 Å². The van der Waals surface area contributed by atoms with Gasteiger partial charge in [0.15, 0.2) is 0 Å². The van der Waals surface area contributed by atoms with Crippen molar-refractivity contribution >= 4 is 27.7 Å². The smallest absolute Gasteiger partial charge is 0.416 e. The monoisotopic (exact) mass is 509 g/mol. The molecule has 0 spiro atoms. The fraction of sp³-hybridized carbons (Fsp3) is 0.391. The lowest BCUT2D eigenvalue weighted by Gasteiger charge is -2.41. The van der Waals surface area contributed by atoms with Crippen molar-refractivity contribution in [3.8, 4) is 6.07 Å². The van der Waals surface area contributed by atoms with Gasteiger partial charge in [-0.3, -0.25) is 10.2 Å². The first-order valence-electron chi connectivity index (χ1n) is 10.3. The van der Waals surface area contributed by atoms with E-state index in [9.17, 15) is 23.2 Å². The number of nitriles is 1. The number of carbonyl (C=O) groups excluding carboxylic acids is 1. The van der Waals surface area contributed by atoms with Crippen LogP contribution in [-0.4, -0.2) is 18.7 Å². The molecular formula is C23H23BrF3N3O2. The predicted octanol–water partition coefficient (Wildman–Crippen LogP) is 6.51. The average Bonchev–Trinajstić information content (AvgIpc) is 2.75. The Bertz CT molecular complexity index is 1020. The van der Waals surface area contributed by atoms with Crippen molar-refractivity contribution in [2.24, 2.45) is 0 Å². The van der Waals surface area contributed by atoms with Crippen molar-refractivity contribution in [1.29, 1.82) is 5.26 Å². The van der Waals surface area contributed by atoms with Crippen LogP contribution in [0.15, 0.2) is 46.9 Å². The van der Waals surface area contributed by atoms with Crippen LogP contribution in [0.3, 0.4) is 0 Å². The zero-order chi connectivity index (χ0) is 23.5. The molecule has 9 heteroatoms. The molecule has 1 heterocycles. The number of nitrogens with zero attached hydrogens (tertiary/aromatic N) is 2. The summed E-state index contributed by atoms with van der Waals surface area (Å²) in [6, 6.07) is 11.1. The molecule has 1 amide bonds. The van der Waals surface area contributed by atoms with Crippen molar-refractivity contribution < 1.29 is 22.7 Å². The van der Waals surface area contributed by atoms with Gasteiger partial charge < -0.3 is 4.74 Å². The molecule has 2 aromatic carbocycles. The minimum atomic E-state index is -4.53. The lowest BCUT2D eigenvalue weighted by atomic mass is 9.88. The van der Waals surface area contributed by atoms with Gasteiger partial charge in [-0.2, -0.15) is 18.4 Å².